The van der Waals surface area contributed by atoms with Crippen molar-refractivity contribution >= 4 is 35.6 Å². The van der Waals surface area contributed by atoms with Crippen molar-refractivity contribution in [2.75, 3.05) is 11.4 Å². The Hall–Kier alpha value is -2.35. The molecule has 31 heavy (non-hydrogen) atoms. The minimum absolute atomic E-state index is 0.391. The molecule has 6 nitrogen and oxygen atoms in total. The average molecular weight is 437 g/mol. The van der Waals surface area contributed by atoms with E-state index in [9.17, 15) is 0 Å². The van der Waals surface area contributed by atoms with Gasteiger partial charge < -0.3 is 14.2 Å². The average Bonchev–Trinajstić information content (AvgIpc) is 3.11. The summed E-state index contributed by atoms with van der Waals surface area (Å²) in [6.07, 6.45) is 0.782. The van der Waals surface area contributed by atoms with Gasteiger partial charge in [0.1, 0.15) is 11.6 Å². The molecule has 1 saturated heterocycles. The van der Waals surface area contributed by atoms with Crippen LogP contribution in [0.1, 0.15) is 39.3 Å². The summed E-state index contributed by atoms with van der Waals surface area (Å²) in [5.41, 5.74) is 3.40. The third kappa shape index (κ3) is 3.36. The van der Waals surface area contributed by atoms with E-state index in [4.69, 9.17) is 20.9 Å². The SMILES string of the molecule is Cc1nnc2n1-c1ccc(B3OC(C)(C)C(C)(C)O3)cc1N(c1ccc(Cl)cc1)CC2. The van der Waals surface area contributed by atoms with Crippen LogP contribution in [0, 0.1) is 6.92 Å². The fourth-order valence-corrected chi connectivity index (χ4v) is 4.30. The van der Waals surface area contributed by atoms with Crippen molar-refractivity contribution < 1.29 is 9.31 Å². The van der Waals surface area contributed by atoms with Crippen LogP contribution in [0.5, 0.6) is 0 Å². The van der Waals surface area contributed by atoms with Crippen molar-refractivity contribution in [3.05, 3.63) is 59.1 Å². The normalized spacial score (nSPS) is 19.2. The summed E-state index contributed by atoms with van der Waals surface area (Å²) >= 11 is 6.15. The summed E-state index contributed by atoms with van der Waals surface area (Å²) < 4.78 is 14.8. The Bertz CT molecular complexity index is 1130. The van der Waals surface area contributed by atoms with Crippen LogP contribution in [0.2, 0.25) is 5.02 Å². The van der Waals surface area contributed by atoms with Gasteiger partial charge in [0.05, 0.1) is 22.6 Å². The van der Waals surface area contributed by atoms with E-state index in [1.807, 2.05) is 31.2 Å². The number of aryl methyl sites for hydroxylation is 1. The maximum atomic E-state index is 6.32. The first-order chi connectivity index (χ1) is 14.7. The van der Waals surface area contributed by atoms with Crippen molar-refractivity contribution in [1.82, 2.24) is 14.8 Å². The maximum Gasteiger partial charge on any atom is 0.494 e. The van der Waals surface area contributed by atoms with Gasteiger partial charge in [-0.25, -0.2) is 0 Å². The van der Waals surface area contributed by atoms with Crippen molar-refractivity contribution in [2.24, 2.45) is 0 Å². The van der Waals surface area contributed by atoms with Crippen molar-refractivity contribution in [3.63, 3.8) is 0 Å². The van der Waals surface area contributed by atoms with E-state index in [1.54, 1.807) is 0 Å². The number of nitrogens with zero attached hydrogens (tertiary/aromatic N) is 4. The molecule has 160 valence electrons. The number of hydrogen-bond donors (Lipinski definition) is 0. The van der Waals surface area contributed by atoms with E-state index in [1.165, 1.54) is 0 Å². The zero-order valence-corrected chi connectivity index (χ0v) is 19.3. The van der Waals surface area contributed by atoms with Crippen LogP contribution in [-0.2, 0) is 15.7 Å². The van der Waals surface area contributed by atoms with Gasteiger partial charge in [-0.05, 0) is 76.5 Å². The molecule has 2 aliphatic rings. The van der Waals surface area contributed by atoms with E-state index in [-0.39, 0.29) is 0 Å². The van der Waals surface area contributed by atoms with Crippen LogP contribution in [-0.4, -0.2) is 39.6 Å². The summed E-state index contributed by atoms with van der Waals surface area (Å²) in [7, 11) is -0.424. The molecule has 1 aromatic heterocycles. The molecule has 3 heterocycles. The number of hydrogen-bond acceptors (Lipinski definition) is 5. The Kier molecular flexibility index (Phi) is 4.70. The highest BCUT2D eigenvalue weighted by atomic mass is 35.5. The molecule has 0 bridgehead atoms. The molecule has 0 aliphatic carbocycles. The third-order valence-electron chi connectivity index (χ3n) is 6.65. The van der Waals surface area contributed by atoms with Crippen LogP contribution in [0.25, 0.3) is 5.69 Å². The van der Waals surface area contributed by atoms with Gasteiger partial charge in [-0.2, -0.15) is 0 Å². The second-order valence-electron chi connectivity index (χ2n) is 9.21. The topological polar surface area (TPSA) is 52.4 Å². The van der Waals surface area contributed by atoms with Crippen molar-refractivity contribution in [2.45, 2.75) is 52.2 Å². The third-order valence-corrected chi connectivity index (χ3v) is 6.90. The Morgan fingerprint density at radius 2 is 1.61 bits per heavy atom. The molecule has 0 radical (unpaired) electrons. The monoisotopic (exact) mass is 436 g/mol. The predicted octanol–water partition coefficient (Wildman–Crippen LogP) is 4.22. The second-order valence-corrected chi connectivity index (χ2v) is 9.65. The quantitative estimate of drug-likeness (QED) is 0.563. The minimum atomic E-state index is -0.424. The minimum Gasteiger partial charge on any atom is -0.399 e. The zero-order valence-electron chi connectivity index (χ0n) is 18.5. The molecule has 5 rings (SSSR count). The summed E-state index contributed by atoms with van der Waals surface area (Å²) in [6.45, 7) is 11.1. The van der Waals surface area contributed by atoms with Crippen LogP contribution in [0.4, 0.5) is 11.4 Å². The molecule has 2 aromatic carbocycles. The van der Waals surface area contributed by atoms with Crippen LogP contribution in [0.15, 0.2) is 42.5 Å². The molecular formula is C23H26BClN4O2. The molecule has 0 spiro atoms. The zero-order chi connectivity index (χ0) is 22.0. The van der Waals surface area contributed by atoms with Gasteiger partial charge in [-0.15, -0.1) is 10.2 Å². The Morgan fingerprint density at radius 3 is 2.29 bits per heavy atom. The molecule has 1 fully saturated rings. The molecular weight excluding hydrogens is 411 g/mol. The lowest BCUT2D eigenvalue weighted by Crippen LogP contribution is -2.41. The number of halogens is 1. The van der Waals surface area contributed by atoms with Gasteiger partial charge in [-0.3, -0.25) is 4.57 Å². The Morgan fingerprint density at radius 1 is 0.935 bits per heavy atom. The summed E-state index contributed by atoms with van der Waals surface area (Å²) in [6, 6.07) is 14.3. The Balaban J connectivity index is 1.64. The fourth-order valence-electron chi connectivity index (χ4n) is 4.17. The van der Waals surface area contributed by atoms with Gasteiger partial charge in [0.25, 0.3) is 0 Å². The Labute approximate surface area is 188 Å². The smallest absolute Gasteiger partial charge is 0.399 e. The van der Waals surface area contributed by atoms with Crippen LogP contribution >= 0.6 is 11.6 Å². The highest BCUT2D eigenvalue weighted by Crippen LogP contribution is 2.38. The number of anilines is 2. The van der Waals surface area contributed by atoms with Gasteiger partial charge in [0.15, 0.2) is 0 Å². The van der Waals surface area contributed by atoms with Gasteiger partial charge >= 0.3 is 7.12 Å². The molecule has 0 N–H and O–H groups in total. The number of rotatable bonds is 2. The van der Waals surface area contributed by atoms with Crippen molar-refractivity contribution in [3.8, 4) is 5.69 Å². The number of fused-ring (bicyclic) bond motifs is 3. The molecule has 0 atom stereocenters. The summed E-state index contributed by atoms with van der Waals surface area (Å²) in [5.74, 6) is 1.83. The molecule has 0 amide bonds. The second kappa shape index (κ2) is 7.09. The highest BCUT2D eigenvalue weighted by Gasteiger charge is 2.51. The summed E-state index contributed by atoms with van der Waals surface area (Å²) in [5, 5.41) is 9.44. The molecule has 0 saturated carbocycles. The first-order valence-corrected chi connectivity index (χ1v) is 11.0. The van der Waals surface area contributed by atoms with Crippen molar-refractivity contribution in [1.29, 1.82) is 0 Å². The largest absolute Gasteiger partial charge is 0.494 e. The van der Waals surface area contributed by atoms with E-state index in [0.717, 1.165) is 52.2 Å². The van der Waals surface area contributed by atoms with Crippen LogP contribution < -0.4 is 10.4 Å². The first kappa shape index (κ1) is 20.6. The number of aromatic nitrogens is 3. The predicted molar refractivity (Wildman–Crippen MR) is 124 cm³/mol. The lowest BCUT2D eigenvalue weighted by Gasteiger charge is -2.32. The lowest BCUT2D eigenvalue weighted by molar-refractivity contribution is 0.00578. The van der Waals surface area contributed by atoms with Gasteiger partial charge in [-0.1, -0.05) is 17.7 Å². The van der Waals surface area contributed by atoms with E-state index in [2.05, 4.69) is 65.6 Å². The van der Waals surface area contributed by atoms with Crippen LogP contribution in [0.3, 0.4) is 0 Å². The molecule has 2 aliphatic heterocycles. The number of benzene rings is 2. The van der Waals surface area contributed by atoms with Gasteiger partial charge in [0.2, 0.25) is 0 Å². The lowest BCUT2D eigenvalue weighted by atomic mass is 9.78. The summed E-state index contributed by atoms with van der Waals surface area (Å²) in [4.78, 5) is 2.30. The first-order valence-electron chi connectivity index (χ1n) is 10.6. The van der Waals surface area contributed by atoms with E-state index < -0.39 is 18.3 Å². The molecule has 0 unspecified atom stereocenters. The molecule has 3 aromatic rings. The molecule has 8 heteroatoms. The maximum absolute atomic E-state index is 6.32. The standard InChI is InChI=1S/C23H26BClN4O2/c1-15-26-27-21-12-13-28(18-9-7-17(25)8-10-18)20-14-16(6-11-19(20)29(15)21)24-30-22(2,3)23(4,5)31-24/h6-11,14H,12-13H2,1-5H3. The van der Waals surface area contributed by atoms with Gasteiger partial charge in [0, 0.05) is 23.7 Å². The highest BCUT2D eigenvalue weighted by molar-refractivity contribution is 6.62. The van der Waals surface area contributed by atoms with E-state index >= 15 is 0 Å². The van der Waals surface area contributed by atoms with E-state index in [0.29, 0.717) is 0 Å². The fraction of sp³-hybridized carbons (Fsp3) is 0.391.